The molecule has 0 aliphatic carbocycles. The van der Waals surface area contributed by atoms with Crippen LogP contribution in [0.25, 0.3) is 0 Å². The third-order valence-electron chi connectivity index (χ3n) is 2.77. The molecule has 2 rings (SSSR count). The molecular weight excluding hydrogens is 176 g/mol. The summed E-state index contributed by atoms with van der Waals surface area (Å²) in [6.07, 6.45) is 0. The molecule has 74 valence electrons. The average molecular weight is 190 g/mol. The van der Waals surface area contributed by atoms with Gasteiger partial charge in [0, 0.05) is 0 Å². The number of aryl methyl sites for hydroxylation is 2. The van der Waals surface area contributed by atoms with Gasteiger partial charge in [-0.1, -0.05) is 17.7 Å². The van der Waals surface area contributed by atoms with E-state index in [1.165, 1.54) is 11.1 Å². The van der Waals surface area contributed by atoms with Crippen molar-refractivity contribution in [2.75, 3.05) is 0 Å². The van der Waals surface area contributed by atoms with Crippen molar-refractivity contribution in [3.63, 3.8) is 0 Å². The third kappa shape index (κ3) is 1.31. The van der Waals surface area contributed by atoms with Crippen LogP contribution in [0.2, 0.25) is 0 Å². The lowest BCUT2D eigenvalue weighted by Gasteiger charge is -2.24. The molecule has 1 aromatic rings. The highest BCUT2D eigenvalue weighted by molar-refractivity contribution is 5.80. The first-order valence-corrected chi connectivity index (χ1v) is 4.86. The van der Waals surface area contributed by atoms with E-state index in [0.29, 0.717) is 6.61 Å². The first kappa shape index (κ1) is 9.25. The van der Waals surface area contributed by atoms with Gasteiger partial charge in [0.05, 0.1) is 5.92 Å². The number of cyclic esters (lactones) is 1. The Kier molecular flexibility index (Phi) is 2.06. The number of carbonyl (C=O) groups excluding carboxylic acids is 1. The quantitative estimate of drug-likeness (QED) is 0.587. The summed E-state index contributed by atoms with van der Waals surface area (Å²) in [4.78, 5) is 11.4. The Morgan fingerprint density at radius 1 is 1.36 bits per heavy atom. The highest BCUT2D eigenvalue weighted by atomic mass is 16.5. The number of esters is 1. The van der Waals surface area contributed by atoms with Crippen LogP contribution in [0.5, 0.6) is 0 Å². The SMILES string of the molecule is Cc1cc(C)c2c(c1)COC(=O)C2C. The fraction of sp³-hybridized carbons (Fsp3) is 0.417. The molecule has 0 N–H and O–H groups in total. The molecule has 0 saturated heterocycles. The van der Waals surface area contributed by atoms with Gasteiger partial charge >= 0.3 is 5.97 Å². The number of rotatable bonds is 0. The summed E-state index contributed by atoms with van der Waals surface area (Å²) >= 11 is 0. The molecule has 0 bridgehead atoms. The molecular formula is C12H14O2. The largest absolute Gasteiger partial charge is 0.460 e. The van der Waals surface area contributed by atoms with Gasteiger partial charge in [-0.05, 0) is 37.5 Å². The number of benzene rings is 1. The summed E-state index contributed by atoms with van der Waals surface area (Å²) in [7, 11) is 0. The van der Waals surface area contributed by atoms with E-state index in [0.717, 1.165) is 11.1 Å². The smallest absolute Gasteiger partial charge is 0.313 e. The van der Waals surface area contributed by atoms with Crippen LogP contribution in [-0.2, 0) is 16.1 Å². The molecule has 2 nitrogen and oxygen atoms in total. The Hall–Kier alpha value is -1.31. The molecule has 0 amide bonds. The van der Waals surface area contributed by atoms with Crippen molar-refractivity contribution in [3.8, 4) is 0 Å². The van der Waals surface area contributed by atoms with Crippen LogP contribution in [0.4, 0.5) is 0 Å². The lowest BCUT2D eigenvalue weighted by Crippen LogP contribution is -2.21. The van der Waals surface area contributed by atoms with E-state index >= 15 is 0 Å². The minimum atomic E-state index is -0.112. The van der Waals surface area contributed by atoms with Crippen molar-refractivity contribution in [2.24, 2.45) is 0 Å². The second-order valence-electron chi connectivity index (χ2n) is 3.98. The predicted octanol–water partition coefficient (Wildman–Crippen LogP) is 2.46. The summed E-state index contributed by atoms with van der Waals surface area (Å²) in [6.45, 7) is 6.46. The van der Waals surface area contributed by atoms with E-state index in [2.05, 4.69) is 26.0 Å². The monoisotopic (exact) mass is 190 g/mol. The topological polar surface area (TPSA) is 26.3 Å². The van der Waals surface area contributed by atoms with Gasteiger partial charge in [-0.25, -0.2) is 0 Å². The number of fused-ring (bicyclic) bond motifs is 1. The van der Waals surface area contributed by atoms with Gasteiger partial charge in [0.15, 0.2) is 0 Å². The second-order valence-corrected chi connectivity index (χ2v) is 3.98. The summed E-state index contributed by atoms with van der Waals surface area (Å²) in [5, 5.41) is 0. The average Bonchev–Trinajstić information content (AvgIpc) is 2.10. The van der Waals surface area contributed by atoms with Crippen molar-refractivity contribution in [2.45, 2.75) is 33.3 Å². The molecule has 0 saturated carbocycles. The standard InChI is InChI=1S/C12H14O2/c1-7-4-8(2)11-9(3)12(13)14-6-10(11)5-7/h4-5,9H,6H2,1-3H3. The van der Waals surface area contributed by atoms with E-state index in [1.807, 2.05) is 6.92 Å². The van der Waals surface area contributed by atoms with Crippen LogP contribution in [0.15, 0.2) is 12.1 Å². The molecule has 14 heavy (non-hydrogen) atoms. The van der Waals surface area contributed by atoms with Crippen molar-refractivity contribution < 1.29 is 9.53 Å². The Balaban J connectivity index is 2.60. The lowest BCUT2D eigenvalue weighted by molar-refractivity contribution is -0.147. The summed E-state index contributed by atoms with van der Waals surface area (Å²) in [5.41, 5.74) is 4.75. The molecule has 1 atom stereocenters. The van der Waals surface area contributed by atoms with E-state index in [9.17, 15) is 4.79 Å². The maximum atomic E-state index is 11.4. The number of hydrogen-bond donors (Lipinski definition) is 0. The molecule has 1 aromatic carbocycles. The molecule has 1 unspecified atom stereocenters. The van der Waals surface area contributed by atoms with Crippen molar-refractivity contribution in [1.82, 2.24) is 0 Å². The molecule has 0 fully saturated rings. The normalized spacial score (nSPS) is 20.2. The van der Waals surface area contributed by atoms with Gasteiger partial charge in [0.1, 0.15) is 6.61 Å². The van der Waals surface area contributed by atoms with E-state index in [4.69, 9.17) is 4.74 Å². The van der Waals surface area contributed by atoms with E-state index in [1.54, 1.807) is 0 Å². The van der Waals surface area contributed by atoms with Gasteiger partial charge in [-0.2, -0.15) is 0 Å². The number of carbonyl (C=O) groups is 1. The summed E-state index contributed by atoms with van der Waals surface area (Å²) in [5.74, 6) is -0.219. The van der Waals surface area contributed by atoms with Gasteiger partial charge in [0.2, 0.25) is 0 Å². The zero-order valence-electron chi connectivity index (χ0n) is 8.76. The minimum Gasteiger partial charge on any atom is -0.460 e. The Morgan fingerprint density at radius 3 is 2.79 bits per heavy atom. The Bertz CT molecular complexity index is 394. The number of ether oxygens (including phenoxy) is 1. The molecule has 0 spiro atoms. The van der Waals surface area contributed by atoms with Crippen LogP contribution >= 0.6 is 0 Å². The minimum absolute atomic E-state index is 0.107. The van der Waals surface area contributed by atoms with Crippen molar-refractivity contribution >= 4 is 5.97 Å². The zero-order chi connectivity index (χ0) is 10.3. The highest BCUT2D eigenvalue weighted by Gasteiger charge is 2.26. The maximum absolute atomic E-state index is 11.4. The molecule has 0 radical (unpaired) electrons. The highest BCUT2D eigenvalue weighted by Crippen LogP contribution is 2.30. The van der Waals surface area contributed by atoms with Crippen LogP contribution in [-0.4, -0.2) is 5.97 Å². The summed E-state index contributed by atoms with van der Waals surface area (Å²) in [6, 6.07) is 4.22. The van der Waals surface area contributed by atoms with Gasteiger partial charge in [0.25, 0.3) is 0 Å². The zero-order valence-corrected chi connectivity index (χ0v) is 8.76. The van der Waals surface area contributed by atoms with Gasteiger partial charge in [-0.3, -0.25) is 4.79 Å². The fourth-order valence-corrected chi connectivity index (χ4v) is 2.20. The van der Waals surface area contributed by atoms with Gasteiger partial charge < -0.3 is 4.74 Å². The Labute approximate surface area is 83.9 Å². The maximum Gasteiger partial charge on any atom is 0.313 e. The van der Waals surface area contributed by atoms with Crippen molar-refractivity contribution in [1.29, 1.82) is 0 Å². The fourth-order valence-electron chi connectivity index (χ4n) is 2.20. The molecule has 0 aromatic heterocycles. The molecule has 1 heterocycles. The van der Waals surface area contributed by atoms with E-state index < -0.39 is 0 Å². The molecule has 2 heteroatoms. The number of hydrogen-bond acceptors (Lipinski definition) is 2. The summed E-state index contributed by atoms with van der Waals surface area (Å²) < 4.78 is 5.09. The van der Waals surface area contributed by atoms with Crippen LogP contribution < -0.4 is 0 Å². The lowest BCUT2D eigenvalue weighted by atomic mass is 9.88. The second kappa shape index (κ2) is 3.12. The van der Waals surface area contributed by atoms with Crippen LogP contribution in [0.1, 0.15) is 35.1 Å². The van der Waals surface area contributed by atoms with Gasteiger partial charge in [-0.15, -0.1) is 0 Å². The van der Waals surface area contributed by atoms with Crippen LogP contribution in [0, 0.1) is 13.8 Å². The van der Waals surface area contributed by atoms with E-state index in [-0.39, 0.29) is 11.9 Å². The molecule has 1 aliphatic heterocycles. The third-order valence-corrected chi connectivity index (χ3v) is 2.77. The predicted molar refractivity (Wildman–Crippen MR) is 54.1 cm³/mol. The van der Waals surface area contributed by atoms with Crippen molar-refractivity contribution in [3.05, 3.63) is 34.4 Å². The first-order chi connectivity index (χ1) is 6.59. The first-order valence-electron chi connectivity index (χ1n) is 4.86. The van der Waals surface area contributed by atoms with Crippen LogP contribution in [0.3, 0.4) is 0 Å². The Morgan fingerprint density at radius 2 is 2.07 bits per heavy atom. The molecule has 1 aliphatic rings.